The van der Waals surface area contributed by atoms with Crippen LogP contribution in [0.5, 0.6) is 0 Å². The van der Waals surface area contributed by atoms with Gasteiger partial charge in [0.25, 0.3) is 0 Å². The lowest BCUT2D eigenvalue weighted by atomic mass is 9.93. The first-order chi connectivity index (χ1) is 11.3. The van der Waals surface area contributed by atoms with Gasteiger partial charge in [-0.2, -0.15) is 0 Å². The molecule has 0 aromatic rings. The molecular formula is C21H46O2Si. The Morgan fingerprint density at radius 1 is 0.875 bits per heavy atom. The van der Waals surface area contributed by atoms with Crippen molar-refractivity contribution in [2.24, 2.45) is 11.8 Å². The summed E-state index contributed by atoms with van der Waals surface area (Å²) in [5.74, 6) is 1.47. The average molecular weight is 359 g/mol. The molecule has 146 valence electrons. The van der Waals surface area contributed by atoms with Gasteiger partial charge < -0.3 is 8.85 Å². The van der Waals surface area contributed by atoms with Crippen molar-refractivity contribution in [2.45, 2.75) is 110 Å². The van der Waals surface area contributed by atoms with E-state index in [1.165, 1.54) is 57.8 Å². The van der Waals surface area contributed by atoms with Crippen molar-refractivity contribution in [2.75, 3.05) is 14.2 Å². The first kappa shape index (κ1) is 24.1. The molecule has 3 heteroatoms. The minimum absolute atomic E-state index is 0.155. The van der Waals surface area contributed by atoms with Crippen LogP contribution in [0.25, 0.3) is 0 Å². The van der Waals surface area contributed by atoms with Crippen LogP contribution in [0.2, 0.25) is 11.1 Å². The SMILES string of the molecule is CCCCCCCC(C)CC(C)(C)[Si](CC(CC)CC)(OC)OC. The fourth-order valence-electron chi connectivity index (χ4n) is 4.26. The summed E-state index contributed by atoms with van der Waals surface area (Å²) >= 11 is 0. The second kappa shape index (κ2) is 12.5. The van der Waals surface area contributed by atoms with Gasteiger partial charge in [0.1, 0.15) is 0 Å². The molecule has 0 radical (unpaired) electrons. The maximum atomic E-state index is 6.16. The molecule has 1 unspecified atom stereocenters. The predicted octanol–water partition coefficient (Wildman–Crippen LogP) is 7.32. The molecule has 1 atom stereocenters. The minimum atomic E-state index is -2.20. The quantitative estimate of drug-likeness (QED) is 0.225. The highest BCUT2D eigenvalue weighted by atomic mass is 28.4. The standard InChI is InChI=1S/C21H46O2Si/c1-9-12-13-14-15-16-19(4)17-21(5,6)24(22-7,23-8)18-20(10-2)11-3/h19-20H,9-18H2,1-8H3. The van der Waals surface area contributed by atoms with E-state index in [0.29, 0.717) is 0 Å². The number of rotatable bonds is 15. The summed E-state index contributed by atoms with van der Waals surface area (Å²) in [6, 6.07) is 1.13. The van der Waals surface area contributed by atoms with Crippen LogP contribution in [0, 0.1) is 11.8 Å². The highest BCUT2D eigenvalue weighted by Crippen LogP contribution is 2.48. The third kappa shape index (κ3) is 7.57. The molecule has 0 spiro atoms. The maximum absolute atomic E-state index is 6.16. The molecular weight excluding hydrogens is 312 g/mol. The van der Waals surface area contributed by atoms with Crippen LogP contribution in [0.15, 0.2) is 0 Å². The van der Waals surface area contributed by atoms with Crippen LogP contribution in [0.1, 0.15) is 99.3 Å². The van der Waals surface area contributed by atoms with Crippen molar-refractivity contribution in [1.82, 2.24) is 0 Å². The summed E-state index contributed by atoms with van der Waals surface area (Å²) < 4.78 is 12.3. The Labute approximate surface area is 154 Å². The van der Waals surface area contributed by atoms with Gasteiger partial charge in [0.05, 0.1) is 0 Å². The fourth-order valence-corrected chi connectivity index (χ4v) is 8.42. The zero-order valence-electron chi connectivity index (χ0n) is 18.0. The van der Waals surface area contributed by atoms with Crippen molar-refractivity contribution < 1.29 is 8.85 Å². The normalized spacial score (nSPS) is 14.4. The van der Waals surface area contributed by atoms with Crippen molar-refractivity contribution in [1.29, 1.82) is 0 Å². The summed E-state index contributed by atoms with van der Waals surface area (Å²) in [7, 11) is 1.57. The third-order valence-corrected chi connectivity index (χ3v) is 10.8. The van der Waals surface area contributed by atoms with E-state index < -0.39 is 8.56 Å². The van der Waals surface area contributed by atoms with E-state index in [1.807, 2.05) is 14.2 Å². The topological polar surface area (TPSA) is 18.5 Å². The van der Waals surface area contributed by atoms with E-state index in [-0.39, 0.29) is 5.04 Å². The Morgan fingerprint density at radius 3 is 1.88 bits per heavy atom. The van der Waals surface area contributed by atoms with Crippen molar-refractivity contribution in [3.05, 3.63) is 0 Å². The maximum Gasteiger partial charge on any atom is 0.343 e. The molecule has 0 saturated heterocycles. The largest absolute Gasteiger partial charge is 0.397 e. The van der Waals surface area contributed by atoms with Gasteiger partial charge in [-0.25, -0.2) is 0 Å². The molecule has 2 nitrogen and oxygen atoms in total. The van der Waals surface area contributed by atoms with Crippen LogP contribution in [-0.2, 0) is 8.85 Å². The molecule has 0 bridgehead atoms. The van der Waals surface area contributed by atoms with E-state index >= 15 is 0 Å². The summed E-state index contributed by atoms with van der Waals surface area (Å²) in [4.78, 5) is 0. The van der Waals surface area contributed by atoms with Gasteiger partial charge in [0.15, 0.2) is 0 Å². The second-order valence-corrected chi connectivity index (χ2v) is 12.5. The fraction of sp³-hybridized carbons (Fsp3) is 1.00. The van der Waals surface area contributed by atoms with Gasteiger partial charge in [-0.3, -0.25) is 0 Å². The Balaban J connectivity index is 4.74. The molecule has 0 aliphatic carbocycles. The van der Waals surface area contributed by atoms with E-state index in [1.54, 1.807) is 0 Å². The van der Waals surface area contributed by atoms with E-state index in [4.69, 9.17) is 8.85 Å². The second-order valence-electron chi connectivity index (χ2n) is 8.44. The summed E-state index contributed by atoms with van der Waals surface area (Å²) in [5.41, 5.74) is 0. The van der Waals surface area contributed by atoms with E-state index in [0.717, 1.165) is 17.9 Å². The highest BCUT2D eigenvalue weighted by Gasteiger charge is 2.51. The lowest BCUT2D eigenvalue weighted by Crippen LogP contribution is -2.51. The van der Waals surface area contributed by atoms with Gasteiger partial charge in [-0.15, -0.1) is 0 Å². The van der Waals surface area contributed by atoms with Gasteiger partial charge in [-0.1, -0.05) is 92.9 Å². The number of hydrogen-bond donors (Lipinski definition) is 0. The van der Waals surface area contributed by atoms with Crippen LogP contribution in [-0.4, -0.2) is 22.8 Å². The van der Waals surface area contributed by atoms with Gasteiger partial charge in [-0.05, 0) is 24.3 Å². The van der Waals surface area contributed by atoms with Crippen LogP contribution in [0.3, 0.4) is 0 Å². The summed E-state index contributed by atoms with van der Waals surface area (Å²) in [6.07, 6.45) is 11.9. The molecule has 0 amide bonds. The van der Waals surface area contributed by atoms with Gasteiger partial charge >= 0.3 is 8.56 Å². The van der Waals surface area contributed by atoms with Crippen LogP contribution in [0.4, 0.5) is 0 Å². The molecule has 0 fully saturated rings. The molecule has 0 aromatic carbocycles. The minimum Gasteiger partial charge on any atom is -0.397 e. The van der Waals surface area contributed by atoms with Crippen molar-refractivity contribution >= 4 is 8.56 Å². The number of unbranched alkanes of at least 4 members (excludes halogenated alkanes) is 4. The Kier molecular flexibility index (Phi) is 12.6. The van der Waals surface area contributed by atoms with Crippen LogP contribution < -0.4 is 0 Å². The van der Waals surface area contributed by atoms with E-state index in [2.05, 4.69) is 41.5 Å². The zero-order chi connectivity index (χ0) is 18.6. The van der Waals surface area contributed by atoms with Crippen molar-refractivity contribution in [3.8, 4) is 0 Å². The first-order valence-corrected chi connectivity index (χ1v) is 12.4. The average Bonchev–Trinajstić information content (AvgIpc) is 2.55. The highest BCUT2D eigenvalue weighted by molar-refractivity contribution is 6.70. The zero-order valence-corrected chi connectivity index (χ0v) is 19.0. The molecule has 0 rings (SSSR count). The molecule has 0 N–H and O–H groups in total. The molecule has 24 heavy (non-hydrogen) atoms. The summed E-state index contributed by atoms with van der Waals surface area (Å²) in [6.45, 7) is 14.1. The molecule has 0 heterocycles. The molecule has 0 aliphatic rings. The lowest BCUT2D eigenvalue weighted by Gasteiger charge is -2.44. The smallest absolute Gasteiger partial charge is 0.343 e. The van der Waals surface area contributed by atoms with Crippen LogP contribution >= 0.6 is 0 Å². The molecule has 0 aliphatic heterocycles. The Hall–Kier alpha value is 0.137. The van der Waals surface area contributed by atoms with Crippen molar-refractivity contribution in [3.63, 3.8) is 0 Å². The van der Waals surface area contributed by atoms with Gasteiger partial charge in [0.2, 0.25) is 0 Å². The molecule has 0 aromatic heterocycles. The Bertz CT molecular complexity index is 296. The number of hydrogen-bond acceptors (Lipinski definition) is 2. The Morgan fingerprint density at radius 2 is 1.42 bits per heavy atom. The first-order valence-electron chi connectivity index (χ1n) is 10.4. The third-order valence-electron chi connectivity index (χ3n) is 6.06. The molecule has 0 saturated carbocycles. The van der Waals surface area contributed by atoms with E-state index in [9.17, 15) is 0 Å². The van der Waals surface area contributed by atoms with Gasteiger partial charge in [0, 0.05) is 19.3 Å². The summed E-state index contributed by atoms with van der Waals surface area (Å²) in [5, 5.41) is 0.155. The monoisotopic (exact) mass is 358 g/mol. The lowest BCUT2D eigenvalue weighted by molar-refractivity contribution is 0.189. The predicted molar refractivity (Wildman–Crippen MR) is 110 cm³/mol.